The number of methoxy groups -OCH3 is 1. The van der Waals surface area contributed by atoms with Crippen molar-refractivity contribution in [2.45, 2.75) is 64.7 Å². The number of allylic oxidation sites excluding steroid dienone is 1. The third kappa shape index (κ3) is 9.69. The molecular formula is C33H40FN3O6Pd. The molecule has 0 spiro atoms. The van der Waals surface area contributed by atoms with E-state index in [1.807, 2.05) is 48.7 Å². The maximum atomic E-state index is 14.0. The monoisotopic (exact) mass is 699 g/mol. The summed E-state index contributed by atoms with van der Waals surface area (Å²) >= 11 is 0. The van der Waals surface area contributed by atoms with Crippen molar-refractivity contribution < 1.29 is 54.1 Å². The van der Waals surface area contributed by atoms with Crippen LogP contribution in [0.5, 0.6) is 0 Å². The van der Waals surface area contributed by atoms with Crippen LogP contribution in [0.3, 0.4) is 0 Å². The molecule has 1 heterocycles. The minimum atomic E-state index is -1.08. The van der Waals surface area contributed by atoms with Crippen molar-refractivity contribution in [3.63, 3.8) is 0 Å². The summed E-state index contributed by atoms with van der Waals surface area (Å²) in [5.74, 6) is -1.83. The van der Waals surface area contributed by atoms with Crippen LogP contribution < -0.4 is 11.1 Å². The van der Waals surface area contributed by atoms with Gasteiger partial charge in [0.2, 0.25) is 0 Å². The first kappa shape index (κ1) is 36.6. The zero-order valence-corrected chi connectivity index (χ0v) is 26.8. The Morgan fingerprint density at radius 2 is 1.61 bits per heavy atom. The van der Waals surface area contributed by atoms with Gasteiger partial charge >= 0.3 is 5.97 Å². The van der Waals surface area contributed by atoms with E-state index in [1.165, 1.54) is 25.3 Å². The third-order valence-electron chi connectivity index (χ3n) is 6.93. The number of aromatic nitrogens is 1. The molecule has 3 rings (SSSR count). The first-order chi connectivity index (χ1) is 20.4. The van der Waals surface area contributed by atoms with Gasteiger partial charge in [0.25, 0.3) is 5.91 Å². The van der Waals surface area contributed by atoms with Crippen LogP contribution in [0.15, 0.2) is 66.4 Å². The molecule has 0 saturated heterocycles. The second-order valence-electron chi connectivity index (χ2n) is 10.8. The molecule has 11 heteroatoms. The molecule has 2 aromatic carbocycles. The van der Waals surface area contributed by atoms with Gasteiger partial charge in [-0.05, 0) is 63.3 Å². The zero-order chi connectivity index (χ0) is 31.7. The number of amides is 1. The van der Waals surface area contributed by atoms with Gasteiger partial charge in [-0.1, -0.05) is 42.5 Å². The Kier molecular flexibility index (Phi) is 14.1. The fourth-order valence-corrected chi connectivity index (χ4v) is 5.14. The number of ether oxygens (including phenoxy) is 1. The van der Waals surface area contributed by atoms with Crippen LogP contribution in [0, 0.1) is 5.82 Å². The van der Waals surface area contributed by atoms with E-state index < -0.39 is 29.9 Å². The molecule has 0 aliphatic carbocycles. The first-order valence-electron chi connectivity index (χ1n) is 14.2. The third-order valence-corrected chi connectivity index (χ3v) is 6.93. The Bertz CT molecular complexity index is 1450. The average Bonchev–Trinajstić information content (AvgIpc) is 3.30. The minimum Gasteiger partial charge on any atom is -0.469 e. The number of esters is 1. The number of halogens is 1. The molecule has 3 aromatic rings. The summed E-state index contributed by atoms with van der Waals surface area (Å²) in [7, 11) is 1.23. The number of nitrogens with one attached hydrogen (secondary N) is 1. The average molecular weight is 700 g/mol. The normalized spacial score (nSPS) is 12.8. The van der Waals surface area contributed by atoms with Crippen molar-refractivity contribution in [1.29, 1.82) is 0 Å². The van der Waals surface area contributed by atoms with Gasteiger partial charge in [0.1, 0.15) is 11.5 Å². The summed E-state index contributed by atoms with van der Waals surface area (Å²) in [4.78, 5) is 37.8. The molecule has 5 N–H and O–H groups in total. The number of rotatable bonds is 14. The van der Waals surface area contributed by atoms with Crippen molar-refractivity contribution in [1.82, 2.24) is 9.88 Å². The summed E-state index contributed by atoms with van der Waals surface area (Å²) in [6.45, 7) is 5.17. The van der Waals surface area contributed by atoms with Crippen LogP contribution in [0.25, 0.3) is 22.3 Å². The van der Waals surface area contributed by atoms with E-state index in [-0.39, 0.29) is 64.5 Å². The fraction of sp³-hybridized carbons (Fsp3) is 0.364. The van der Waals surface area contributed by atoms with Crippen molar-refractivity contribution in [2.24, 2.45) is 5.73 Å². The van der Waals surface area contributed by atoms with Crippen LogP contribution in [-0.2, 0) is 41.2 Å². The van der Waals surface area contributed by atoms with Gasteiger partial charge in [0.05, 0.1) is 32.3 Å². The molecule has 0 aliphatic heterocycles. The van der Waals surface area contributed by atoms with Gasteiger partial charge in [-0.3, -0.25) is 14.4 Å². The molecule has 9 nitrogen and oxygen atoms in total. The number of aliphatic hydroxyl groups excluding tert-OH is 2. The molecule has 44 heavy (non-hydrogen) atoms. The molecular weight excluding hydrogens is 660 g/mol. The summed E-state index contributed by atoms with van der Waals surface area (Å²) in [5.41, 5.74) is 9.69. The van der Waals surface area contributed by atoms with Gasteiger partial charge in [0.15, 0.2) is 5.78 Å². The molecule has 0 unspecified atom stereocenters. The molecule has 2 atom stereocenters. The van der Waals surface area contributed by atoms with Crippen LogP contribution in [0.1, 0.15) is 62.3 Å². The Balaban J connectivity index is 0.00000675. The molecule has 240 valence electrons. The molecule has 1 aromatic heterocycles. The Morgan fingerprint density at radius 3 is 2.18 bits per heavy atom. The molecule has 1 amide bonds. The first-order valence-corrected chi connectivity index (χ1v) is 14.2. The number of nitrogens with zero attached hydrogens (tertiary/aromatic N) is 1. The second-order valence-corrected chi connectivity index (χ2v) is 10.8. The maximum Gasteiger partial charge on any atom is 0.308 e. The summed E-state index contributed by atoms with van der Waals surface area (Å²) in [6.07, 6.45) is -0.575. The van der Waals surface area contributed by atoms with Gasteiger partial charge < -0.3 is 30.6 Å². The topological polar surface area (TPSA) is 144 Å². The minimum absolute atomic E-state index is 0. The standard InChI is InChI=1S/C33H40FN3O6.Pd/c1-20(2)37-28(15-14-25(38)17-26(39)18-29(41)43-4)30(23-10-12-24(34)13-11-23)31(22-8-6-5-7-9-22)32(37)33(42)36-19-27(40)16-21(3)35;/h5-13,16,20,25-26,38-39H,14-15,17-19,35H2,1-4H3,(H,36,42);/t25-,26-;/m1./s1. The van der Waals surface area contributed by atoms with Gasteiger partial charge in [-0.15, -0.1) is 0 Å². The molecule has 0 aliphatic rings. The number of nitrogens with two attached hydrogens (primary N) is 1. The predicted molar refractivity (Wildman–Crippen MR) is 163 cm³/mol. The van der Waals surface area contributed by atoms with Gasteiger partial charge in [-0.25, -0.2) is 4.39 Å². The van der Waals surface area contributed by atoms with Crippen molar-refractivity contribution in [3.05, 3.63) is 83.6 Å². The number of carbonyl (C=O) groups excluding carboxylic acids is 3. The van der Waals surface area contributed by atoms with Crippen molar-refractivity contribution in [3.8, 4) is 22.3 Å². The van der Waals surface area contributed by atoms with Crippen LogP contribution in [0.4, 0.5) is 4.39 Å². The van der Waals surface area contributed by atoms with Crippen LogP contribution in [0.2, 0.25) is 0 Å². The SMILES string of the molecule is COC(=O)C[C@H](O)C[C@H](O)CCc1c(-c2ccc(F)cc2)c(-c2ccccc2)c(C(=O)NCC(=O)C=C(C)N)n1C(C)C.[Pd]. The Labute approximate surface area is 271 Å². The maximum absolute atomic E-state index is 14.0. The molecule has 0 radical (unpaired) electrons. The van der Waals surface area contributed by atoms with E-state index in [9.17, 15) is 29.0 Å². The van der Waals surface area contributed by atoms with E-state index in [0.717, 1.165) is 11.3 Å². The molecule has 0 bridgehead atoms. The molecule has 0 fully saturated rings. The predicted octanol–water partition coefficient (Wildman–Crippen LogP) is 4.31. The fourth-order valence-electron chi connectivity index (χ4n) is 5.14. The van der Waals surface area contributed by atoms with Gasteiger partial charge in [0, 0.05) is 55.1 Å². The second kappa shape index (κ2) is 17.0. The number of hydrogen-bond acceptors (Lipinski definition) is 7. The summed E-state index contributed by atoms with van der Waals surface area (Å²) in [6, 6.07) is 15.1. The Morgan fingerprint density at radius 1 is 1.00 bits per heavy atom. The van der Waals surface area contributed by atoms with E-state index in [0.29, 0.717) is 28.1 Å². The summed E-state index contributed by atoms with van der Waals surface area (Å²) < 4.78 is 20.5. The smallest absolute Gasteiger partial charge is 0.308 e. The summed E-state index contributed by atoms with van der Waals surface area (Å²) in [5, 5.41) is 23.8. The van der Waals surface area contributed by atoms with Crippen LogP contribution in [-0.4, -0.2) is 58.3 Å². The van der Waals surface area contributed by atoms with E-state index in [2.05, 4.69) is 10.1 Å². The zero-order valence-electron chi connectivity index (χ0n) is 25.3. The van der Waals surface area contributed by atoms with Crippen LogP contribution >= 0.6 is 0 Å². The van der Waals surface area contributed by atoms with E-state index in [1.54, 1.807) is 19.1 Å². The number of ketones is 1. The Hall–Kier alpha value is -3.62. The number of benzene rings is 2. The molecule has 0 saturated carbocycles. The van der Waals surface area contributed by atoms with Crippen molar-refractivity contribution >= 4 is 17.7 Å². The van der Waals surface area contributed by atoms with Crippen molar-refractivity contribution in [2.75, 3.05) is 13.7 Å². The number of aliphatic hydroxyl groups is 2. The van der Waals surface area contributed by atoms with E-state index >= 15 is 0 Å². The van der Waals surface area contributed by atoms with E-state index in [4.69, 9.17) is 5.73 Å². The largest absolute Gasteiger partial charge is 0.469 e. The number of hydrogen-bond donors (Lipinski definition) is 4. The quantitative estimate of drug-likeness (QED) is 0.112. The van der Waals surface area contributed by atoms with Gasteiger partial charge in [-0.2, -0.15) is 0 Å². The number of carbonyl (C=O) groups is 3.